The Kier molecular flexibility index (Phi) is 5.42. The average Bonchev–Trinajstić information content (AvgIpc) is 3.23. The Bertz CT molecular complexity index is 837. The van der Waals surface area contributed by atoms with Gasteiger partial charge in [-0.15, -0.1) is 0 Å². The predicted molar refractivity (Wildman–Crippen MR) is 116 cm³/mol. The molecule has 2 saturated heterocycles. The summed E-state index contributed by atoms with van der Waals surface area (Å²) in [7, 11) is 0. The van der Waals surface area contributed by atoms with Crippen LogP contribution in [-0.2, 0) is 23.2 Å². The van der Waals surface area contributed by atoms with Crippen LogP contribution in [0.4, 0.5) is 0 Å². The molecule has 2 fully saturated rings. The minimum absolute atomic E-state index is 0.310. The van der Waals surface area contributed by atoms with E-state index in [4.69, 9.17) is 9.72 Å². The van der Waals surface area contributed by atoms with Gasteiger partial charge >= 0.3 is 0 Å². The Morgan fingerprint density at radius 1 is 1.07 bits per heavy atom. The molecular formula is C25H33N3O. The van der Waals surface area contributed by atoms with Crippen molar-refractivity contribution in [3.05, 3.63) is 65.0 Å². The van der Waals surface area contributed by atoms with Crippen LogP contribution in [0, 0.1) is 12.8 Å². The predicted octanol–water partition coefficient (Wildman–Crippen LogP) is 3.78. The number of piperidine rings is 1. The lowest BCUT2D eigenvalue weighted by Gasteiger charge is -2.49. The van der Waals surface area contributed by atoms with Gasteiger partial charge < -0.3 is 4.74 Å². The number of hydrogen-bond acceptors (Lipinski definition) is 4. The Morgan fingerprint density at radius 3 is 2.72 bits per heavy atom. The van der Waals surface area contributed by atoms with Crippen molar-refractivity contribution in [2.75, 3.05) is 39.4 Å². The highest BCUT2D eigenvalue weighted by molar-refractivity contribution is 5.38. The van der Waals surface area contributed by atoms with Crippen molar-refractivity contribution in [1.82, 2.24) is 14.8 Å². The van der Waals surface area contributed by atoms with E-state index in [0.29, 0.717) is 11.3 Å². The molecule has 1 unspecified atom stereocenters. The van der Waals surface area contributed by atoms with Crippen LogP contribution in [0.25, 0.3) is 0 Å². The molecule has 0 radical (unpaired) electrons. The van der Waals surface area contributed by atoms with Gasteiger partial charge in [0.1, 0.15) is 0 Å². The van der Waals surface area contributed by atoms with E-state index in [1.165, 1.54) is 38.0 Å². The van der Waals surface area contributed by atoms with E-state index in [0.717, 1.165) is 45.1 Å². The summed E-state index contributed by atoms with van der Waals surface area (Å²) in [4.78, 5) is 10.0. The molecule has 1 atom stereocenters. The first-order valence-electron chi connectivity index (χ1n) is 11.2. The molecule has 4 heterocycles. The maximum atomic E-state index is 5.64. The third-order valence-electron chi connectivity index (χ3n) is 7.19. The standard InChI is InChI=1S/C25H33N3O/c1-20-5-4-7-23(26-20)17-27-12-10-25(11-13-27)19-28(15-21-9-14-29-18-21)16-22-6-2-3-8-24(22)25/h2-8,21H,9-19H2,1H3. The van der Waals surface area contributed by atoms with Gasteiger partial charge in [0.2, 0.25) is 0 Å². The van der Waals surface area contributed by atoms with Gasteiger partial charge in [0, 0.05) is 43.9 Å². The Morgan fingerprint density at radius 2 is 1.93 bits per heavy atom. The summed E-state index contributed by atoms with van der Waals surface area (Å²) in [5.74, 6) is 0.713. The highest BCUT2D eigenvalue weighted by Gasteiger charge is 2.42. The highest BCUT2D eigenvalue weighted by atomic mass is 16.5. The first-order valence-corrected chi connectivity index (χ1v) is 11.2. The molecule has 2 aromatic rings. The lowest BCUT2D eigenvalue weighted by atomic mass is 9.68. The van der Waals surface area contributed by atoms with Crippen LogP contribution >= 0.6 is 0 Å². The second-order valence-corrected chi connectivity index (χ2v) is 9.38. The van der Waals surface area contributed by atoms with Crippen LogP contribution in [0.5, 0.6) is 0 Å². The van der Waals surface area contributed by atoms with Crippen molar-refractivity contribution in [3.8, 4) is 0 Å². The number of pyridine rings is 1. The molecule has 4 nitrogen and oxygen atoms in total. The van der Waals surface area contributed by atoms with Crippen LogP contribution < -0.4 is 0 Å². The van der Waals surface area contributed by atoms with E-state index in [9.17, 15) is 0 Å². The van der Waals surface area contributed by atoms with Gasteiger partial charge in [-0.05, 0) is 68.5 Å². The van der Waals surface area contributed by atoms with Crippen molar-refractivity contribution in [1.29, 1.82) is 0 Å². The largest absolute Gasteiger partial charge is 0.381 e. The number of aromatic nitrogens is 1. The van der Waals surface area contributed by atoms with Crippen LogP contribution in [0.15, 0.2) is 42.5 Å². The molecule has 1 aromatic carbocycles. The first kappa shape index (κ1) is 19.2. The van der Waals surface area contributed by atoms with E-state index in [1.807, 2.05) is 0 Å². The van der Waals surface area contributed by atoms with E-state index < -0.39 is 0 Å². The second-order valence-electron chi connectivity index (χ2n) is 9.38. The molecule has 0 amide bonds. The van der Waals surface area contributed by atoms with Gasteiger partial charge in [-0.25, -0.2) is 0 Å². The lowest BCUT2D eigenvalue weighted by molar-refractivity contribution is 0.0825. The van der Waals surface area contributed by atoms with Crippen molar-refractivity contribution >= 4 is 0 Å². The van der Waals surface area contributed by atoms with Crippen LogP contribution in [-0.4, -0.2) is 54.2 Å². The zero-order valence-electron chi connectivity index (χ0n) is 17.6. The number of likely N-dealkylation sites (tertiary alicyclic amines) is 1. The summed E-state index contributed by atoms with van der Waals surface area (Å²) in [5.41, 5.74) is 5.79. The van der Waals surface area contributed by atoms with Gasteiger partial charge in [-0.1, -0.05) is 30.3 Å². The fourth-order valence-electron chi connectivity index (χ4n) is 5.69. The molecule has 29 heavy (non-hydrogen) atoms. The van der Waals surface area contributed by atoms with Crippen molar-refractivity contribution in [2.24, 2.45) is 5.92 Å². The summed E-state index contributed by atoms with van der Waals surface area (Å²) in [6.45, 7) is 10.8. The number of ether oxygens (including phenoxy) is 1. The van der Waals surface area contributed by atoms with E-state index in [1.54, 1.807) is 11.1 Å². The van der Waals surface area contributed by atoms with Gasteiger partial charge in [0.15, 0.2) is 0 Å². The summed E-state index contributed by atoms with van der Waals surface area (Å²) in [6, 6.07) is 15.6. The number of nitrogens with zero attached hydrogens (tertiary/aromatic N) is 3. The minimum Gasteiger partial charge on any atom is -0.381 e. The Labute approximate surface area is 174 Å². The molecule has 0 N–H and O–H groups in total. The number of fused-ring (bicyclic) bond motifs is 2. The quantitative estimate of drug-likeness (QED) is 0.793. The summed E-state index contributed by atoms with van der Waals surface area (Å²) in [6.07, 6.45) is 3.71. The molecule has 0 saturated carbocycles. The smallest absolute Gasteiger partial charge is 0.0547 e. The minimum atomic E-state index is 0.310. The molecule has 5 rings (SSSR count). The third kappa shape index (κ3) is 4.11. The fourth-order valence-corrected chi connectivity index (χ4v) is 5.69. The van der Waals surface area contributed by atoms with Crippen molar-refractivity contribution in [2.45, 2.75) is 44.7 Å². The molecule has 4 heteroatoms. The summed E-state index contributed by atoms with van der Waals surface area (Å²) in [5, 5.41) is 0. The third-order valence-corrected chi connectivity index (χ3v) is 7.19. The first-order chi connectivity index (χ1) is 14.2. The molecule has 1 aromatic heterocycles. The van der Waals surface area contributed by atoms with Crippen molar-refractivity contribution in [3.63, 3.8) is 0 Å². The van der Waals surface area contributed by atoms with Gasteiger partial charge in [-0.2, -0.15) is 0 Å². The zero-order chi connectivity index (χ0) is 19.7. The van der Waals surface area contributed by atoms with E-state index in [-0.39, 0.29) is 0 Å². The molecular weight excluding hydrogens is 358 g/mol. The lowest BCUT2D eigenvalue weighted by Crippen LogP contribution is -2.52. The summed E-state index contributed by atoms with van der Waals surface area (Å²) >= 11 is 0. The topological polar surface area (TPSA) is 28.6 Å². The van der Waals surface area contributed by atoms with Gasteiger partial charge in [-0.3, -0.25) is 14.8 Å². The molecule has 154 valence electrons. The molecule has 0 aliphatic carbocycles. The van der Waals surface area contributed by atoms with Gasteiger partial charge in [0.05, 0.1) is 12.3 Å². The Balaban J connectivity index is 1.30. The zero-order valence-corrected chi connectivity index (χ0v) is 17.6. The van der Waals surface area contributed by atoms with Crippen LogP contribution in [0.2, 0.25) is 0 Å². The van der Waals surface area contributed by atoms with Crippen LogP contribution in [0.3, 0.4) is 0 Å². The SMILES string of the molecule is Cc1cccc(CN2CCC3(CC2)CN(CC2CCOC2)Cc2ccccc23)n1. The summed E-state index contributed by atoms with van der Waals surface area (Å²) < 4.78 is 5.64. The maximum Gasteiger partial charge on any atom is 0.0547 e. The fraction of sp³-hybridized carbons (Fsp3) is 0.560. The molecule has 3 aliphatic heterocycles. The Hall–Kier alpha value is -1.75. The molecule has 0 bridgehead atoms. The second kappa shape index (κ2) is 8.17. The monoisotopic (exact) mass is 391 g/mol. The number of aryl methyl sites for hydroxylation is 1. The maximum absolute atomic E-state index is 5.64. The van der Waals surface area contributed by atoms with E-state index in [2.05, 4.69) is 59.2 Å². The molecule has 1 spiro atoms. The van der Waals surface area contributed by atoms with E-state index >= 15 is 0 Å². The average molecular weight is 392 g/mol. The molecule has 3 aliphatic rings. The van der Waals surface area contributed by atoms with Gasteiger partial charge in [0.25, 0.3) is 0 Å². The highest BCUT2D eigenvalue weighted by Crippen LogP contribution is 2.42. The number of benzene rings is 1. The number of rotatable bonds is 4. The number of hydrogen-bond donors (Lipinski definition) is 0. The van der Waals surface area contributed by atoms with Crippen molar-refractivity contribution < 1.29 is 4.74 Å². The van der Waals surface area contributed by atoms with Crippen LogP contribution in [0.1, 0.15) is 41.8 Å². The normalized spacial score (nSPS) is 24.7.